The molecule has 0 bridgehead atoms. The summed E-state index contributed by atoms with van der Waals surface area (Å²) in [7, 11) is -3.32. The molecule has 1 aliphatic rings. The van der Waals surface area contributed by atoms with E-state index in [-0.39, 0.29) is 12.5 Å². The SMILES string of the molecule is CS(=O)(=O)Nc1cccc(N2CCOCC2=O)c1. The maximum atomic E-state index is 11.7. The summed E-state index contributed by atoms with van der Waals surface area (Å²) in [5.41, 5.74) is 1.10. The van der Waals surface area contributed by atoms with Crippen molar-refractivity contribution in [3.63, 3.8) is 0 Å². The average Bonchev–Trinajstić information content (AvgIpc) is 2.27. The van der Waals surface area contributed by atoms with Crippen molar-refractivity contribution in [2.75, 3.05) is 35.6 Å². The highest BCUT2D eigenvalue weighted by Crippen LogP contribution is 2.21. The van der Waals surface area contributed by atoms with Crippen LogP contribution in [0.5, 0.6) is 0 Å². The number of hydrogen-bond acceptors (Lipinski definition) is 4. The zero-order chi connectivity index (χ0) is 13.2. The van der Waals surface area contributed by atoms with Crippen LogP contribution in [0.1, 0.15) is 0 Å². The molecule has 2 rings (SSSR count). The molecule has 0 unspecified atom stereocenters. The van der Waals surface area contributed by atoms with Crippen molar-refractivity contribution >= 4 is 27.3 Å². The highest BCUT2D eigenvalue weighted by Gasteiger charge is 2.20. The first kappa shape index (κ1) is 12.8. The van der Waals surface area contributed by atoms with Crippen LogP contribution in [0, 0.1) is 0 Å². The van der Waals surface area contributed by atoms with E-state index < -0.39 is 10.0 Å². The van der Waals surface area contributed by atoms with Crippen molar-refractivity contribution < 1.29 is 17.9 Å². The fourth-order valence-electron chi connectivity index (χ4n) is 1.74. The minimum Gasteiger partial charge on any atom is -0.370 e. The number of amides is 1. The molecule has 1 fully saturated rings. The topological polar surface area (TPSA) is 75.7 Å². The Morgan fingerprint density at radius 2 is 2.17 bits per heavy atom. The molecule has 1 aromatic carbocycles. The second kappa shape index (κ2) is 4.95. The Morgan fingerprint density at radius 3 is 2.83 bits per heavy atom. The lowest BCUT2D eigenvalue weighted by molar-refractivity contribution is -0.125. The van der Waals surface area contributed by atoms with Gasteiger partial charge in [0.25, 0.3) is 5.91 Å². The molecule has 0 radical (unpaired) electrons. The number of ether oxygens (including phenoxy) is 1. The maximum Gasteiger partial charge on any atom is 0.253 e. The van der Waals surface area contributed by atoms with Gasteiger partial charge in [0.2, 0.25) is 10.0 Å². The normalized spacial score (nSPS) is 16.7. The van der Waals surface area contributed by atoms with Crippen LogP contribution in [0.2, 0.25) is 0 Å². The first-order chi connectivity index (χ1) is 8.46. The Morgan fingerprint density at radius 1 is 1.39 bits per heavy atom. The van der Waals surface area contributed by atoms with Crippen LogP contribution in [0.15, 0.2) is 24.3 Å². The monoisotopic (exact) mass is 270 g/mol. The number of sulfonamides is 1. The summed E-state index contributed by atoms with van der Waals surface area (Å²) < 4.78 is 29.7. The number of nitrogens with zero attached hydrogens (tertiary/aromatic N) is 1. The van der Waals surface area contributed by atoms with Gasteiger partial charge in [0.15, 0.2) is 0 Å². The Bertz CT molecular complexity index is 556. The predicted octanol–water partition coefficient (Wildman–Crippen LogP) is 0.421. The third kappa shape index (κ3) is 3.21. The molecule has 1 N–H and O–H groups in total. The molecule has 1 aliphatic heterocycles. The largest absolute Gasteiger partial charge is 0.370 e. The van der Waals surface area contributed by atoms with Gasteiger partial charge in [-0.2, -0.15) is 0 Å². The first-order valence-corrected chi connectivity index (χ1v) is 7.31. The van der Waals surface area contributed by atoms with Crippen molar-refractivity contribution in [1.82, 2.24) is 0 Å². The summed E-state index contributed by atoms with van der Waals surface area (Å²) in [6.07, 6.45) is 1.08. The number of hydrogen-bond donors (Lipinski definition) is 1. The molecule has 0 atom stereocenters. The van der Waals surface area contributed by atoms with E-state index in [1.54, 1.807) is 29.2 Å². The van der Waals surface area contributed by atoms with Gasteiger partial charge in [-0.1, -0.05) is 6.07 Å². The van der Waals surface area contributed by atoms with Gasteiger partial charge in [-0.15, -0.1) is 0 Å². The smallest absolute Gasteiger partial charge is 0.253 e. The summed E-state index contributed by atoms with van der Waals surface area (Å²) >= 11 is 0. The van der Waals surface area contributed by atoms with Gasteiger partial charge in [0.05, 0.1) is 18.6 Å². The lowest BCUT2D eigenvalue weighted by Crippen LogP contribution is -2.41. The highest BCUT2D eigenvalue weighted by molar-refractivity contribution is 7.92. The van der Waals surface area contributed by atoms with Crippen LogP contribution in [0.4, 0.5) is 11.4 Å². The number of carbonyl (C=O) groups excluding carboxylic acids is 1. The molecule has 1 amide bonds. The molecular formula is C11H14N2O4S. The van der Waals surface area contributed by atoms with Crippen molar-refractivity contribution in [1.29, 1.82) is 0 Å². The maximum absolute atomic E-state index is 11.7. The number of anilines is 2. The van der Waals surface area contributed by atoms with Crippen LogP contribution >= 0.6 is 0 Å². The molecular weight excluding hydrogens is 256 g/mol. The standard InChI is InChI=1S/C11H14N2O4S/c1-18(15,16)12-9-3-2-4-10(7-9)13-5-6-17-8-11(13)14/h2-4,7,12H,5-6,8H2,1H3. The minimum absolute atomic E-state index is 0.0593. The Hall–Kier alpha value is -1.60. The Labute approximate surface area is 106 Å². The number of rotatable bonds is 3. The molecule has 0 saturated carbocycles. The lowest BCUT2D eigenvalue weighted by atomic mass is 10.2. The van der Waals surface area contributed by atoms with E-state index >= 15 is 0 Å². The molecule has 1 heterocycles. The molecule has 0 spiro atoms. The van der Waals surface area contributed by atoms with Crippen molar-refractivity contribution in [2.24, 2.45) is 0 Å². The average molecular weight is 270 g/mol. The lowest BCUT2D eigenvalue weighted by Gasteiger charge is -2.27. The van der Waals surface area contributed by atoms with Crippen molar-refractivity contribution in [3.8, 4) is 0 Å². The fraction of sp³-hybridized carbons (Fsp3) is 0.364. The summed E-state index contributed by atoms with van der Waals surface area (Å²) in [5, 5.41) is 0. The number of carbonyl (C=O) groups is 1. The van der Waals surface area contributed by atoms with E-state index in [0.717, 1.165) is 6.26 Å². The quantitative estimate of drug-likeness (QED) is 0.863. The van der Waals surface area contributed by atoms with Crippen LogP contribution < -0.4 is 9.62 Å². The van der Waals surface area contributed by atoms with E-state index in [1.165, 1.54) is 0 Å². The summed E-state index contributed by atoms with van der Waals surface area (Å²) in [5.74, 6) is -0.127. The van der Waals surface area contributed by atoms with Gasteiger partial charge in [0.1, 0.15) is 6.61 Å². The van der Waals surface area contributed by atoms with E-state index in [4.69, 9.17) is 4.74 Å². The van der Waals surface area contributed by atoms with Gasteiger partial charge in [-0.25, -0.2) is 8.42 Å². The van der Waals surface area contributed by atoms with Gasteiger partial charge < -0.3 is 9.64 Å². The van der Waals surface area contributed by atoms with Gasteiger partial charge in [0, 0.05) is 12.2 Å². The molecule has 6 nitrogen and oxygen atoms in total. The summed E-state index contributed by atoms with van der Waals surface area (Å²) in [6, 6.07) is 6.72. The highest BCUT2D eigenvalue weighted by atomic mass is 32.2. The van der Waals surface area contributed by atoms with Crippen LogP contribution in [-0.2, 0) is 19.6 Å². The molecule has 7 heteroatoms. The molecule has 1 saturated heterocycles. The zero-order valence-electron chi connectivity index (χ0n) is 9.92. The van der Waals surface area contributed by atoms with Crippen molar-refractivity contribution in [2.45, 2.75) is 0 Å². The summed E-state index contributed by atoms with van der Waals surface area (Å²) in [4.78, 5) is 13.2. The summed E-state index contributed by atoms with van der Waals surface area (Å²) in [6.45, 7) is 1.01. The van der Waals surface area contributed by atoms with Crippen molar-refractivity contribution in [3.05, 3.63) is 24.3 Å². The van der Waals surface area contributed by atoms with Gasteiger partial charge >= 0.3 is 0 Å². The fourth-order valence-corrected chi connectivity index (χ4v) is 2.30. The van der Waals surface area contributed by atoms with Crippen LogP contribution in [0.25, 0.3) is 0 Å². The van der Waals surface area contributed by atoms with E-state index in [1.807, 2.05) is 0 Å². The van der Waals surface area contributed by atoms with Gasteiger partial charge in [-0.3, -0.25) is 9.52 Å². The molecule has 1 aromatic rings. The minimum atomic E-state index is -3.32. The second-order valence-electron chi connectivity index (χ2n) is 4.02. The number of benzene rings is 1. The first-order valence-electron chi connectivity index (χ1n) is 5.42. The number of morpholine rings is 1. The molecule has 18 heavy (non-hydrogen) atoms. The van der Waals surface area contributed by atoms with Crippen LogP contribution in [0.3, 0.4) is 0 Å². The van der Waals surface area contributed by atoms with E-state index in [2.05, 4.69) is 4.72 Å². The van der Waals surface area contributed by atoms with Gasteiger partial charge in [-0.05, 0) is 18.2 Å². The van der Waals surface area contributed by atoms with Crippen LogP contribution in [-0.4, -0.2) is 40.3 Å². The third-order valence-corrected chi connectivity index (χ3v) is 3.05. The molecule has 0 aromatic heterocycles. The van der Waals surface area contributed by atoms with E-state index in [9.17, 15) is 13.2 Å². The number of nitrogens with one attached hydrogen (secondary N) is 1. The Balaban J connectivity index is 2.23. The van der Waals surface area contributed by atoms with E-state index in [0.29, 0.717) is 24.5 Å². The second-order valence-corrected chi connectivity index (χ2v) is 5.77. The third-order valence-electron chi connectivity index (χ3n) is 2.45. The molecule has 98 valence electrons. The predicted molar refractivity (Wildman–Crippen MR) is 68.1 cm³/mol. The zero-order valence-corrected chi connectivity index (χ0v) is 10.7. The molecule has 0 aliphatic carbocycles. The Kier molecular flexibility index (Phi) is 3.53.